The lowest BCUT2D eigenvalue weighted by Gasteiger charge is -2.04. The first-order valence-corrected chi connectivity index (χ1v) is 4.99. The highest BCUT2D eigenvalue weighted by atomic mass is 35.5. The van der Waals surface area contributed by atoms with Gasteiger partial charge in [0.25, 0.3) is 0 Å². The van der Waals surface area contributed by atoms with Gasteiger partial charge in [0, 0.05) is 11.7 Å². The third-order valence-electron chi connectivity index (χ3n) is 1.74. The third kappa shape index (κ3) is 2.73. The van der Waals surface area contributed by atoms with Crippen molar-refractivity contribution < 1.29 is 0 Å². The number of thioether (sulfide) groups is 1. The molecule has 0 radical (unpaired) electrons. The number of nitrogens with one attached hydrogen (secondary N) is 1. The molecule has 2 nitrogen and oxygen atoms in total. The molecule has 0 aliphatic rings. The predicted octanol–water partition coefficient (Wildman–Crippen LogP) is 2.57. The summed E-state index contributed by atoms with van der Waals surface area (Å²) in [5.74, 6) is 0. The molecule has 0 aliphatic heterocycles. The van der Waals surface area contributed by atoms with E-state index >= 15 is 0 Å². The van der Waals surface area contributed by atoms with Gasteiger partial charge in [-0.15, -0.1) is 24.2 Å². The highest BCUT2D eigenvalue weighted by Gasteiger charge is 2.04. The van der Waals surface area contributed by atoms with Crippen LogP contribution in [-0.2, 0) is 0 Å². The molecule has 3 N–H and O–H groups in total. The van der Waals surface area contributed by atoms with E-state index in [0.29, 0.717) is 0 Å². The molecule has 0 amide bonds. The van der Waals surface area contributed by atoms with Crippen molar-refractivity contribution in [1.82, 2.24) is 4.98 Å². The molecule has 1 rings (SSSR count). The van der Waals surface area contributed by atoms with Crippen molar-refractivity contribution in [1.29, 1.82) is 0 Å². The number of aromatic nitrogens is 1. The lowest BCUT2D eigenvalue weighted by Crippen LogP contribution is -2.08. The summed E-state index contributed by atoms with van der Waals surface area (Å²) in [5, 5.41) is 1.18. The van der Waals surface area contributed by atoms with E-state index < -0.39 is 0 Å². The van der Waals surface area contributed by atoms with Gasteiger partial charge in [-0.3, -0.25) is 0 Å². The smallest absolute Gasteiger partial charge is 0.0721 e. The summed E-state index contributed by atoms with van der Waals surface area (Å²) >= 11 is 1.71. The minimum absolute atomic E-state index is 0. The lowest BCUT2D eigenvalue weighted by molar-refractivity contribution is 0.676. The predicted molar refractivity (Wildman–Crippen MR) is 57.0 cm³/mol. The van der Waals surface area contributed by atoms with Crippen LogP contribution in [-0.4, -0.2) is 11.2 Å². The van der Waals surface area contributed by atoms with Gasteiger partial charge in [0.2, 0.25) is 0 Å². The summed E-state index contributed by atoms with van der Waals surface area (Å²) in [7, 11) is 0. The monoisotopic (exact) mass is 206 g/mol. The molecule has 0 aromatic carbocycles. The first-order chi connectivity index (χ1) is 5.27. The van der Waals surface area contributed by atoms with Crippen LogP contribution in [0.4, 0.5) is 0 Å². The molecule has 1 aromatic rings. The van der Waals surface area contributed by atoms with E-state index in [1.807, 2.05) is 6.26 Å². The molecule has 0 fully saturated rings. The Morgan fingerprint density at radius 1 is 1.58 bits per heavy atom. The van der Waals surface area contributed by atoms with Crippen LogP contribution < -0.4 is 5.73 Å². The van der Waals surface area contributed by atoms with Gasteiger partial charge in [-0.05, 0) is 24.8 Å². The Hall–Kier alpha value is -0.120. The van der Waals surface area contributed by atoms with Crippen LogP contribution in [0.1, 0.15) is 25.1 Å². The first kappa shape index (κ1) is 11.9. The normalized spacial score (nSPS) is 12.2. The van der Waals surface area contributed by atoms with Crippen LogP contribution in [0.25, 0.3) is 0 Å². The largest absolute Gasteiger partial charge is 0.352 e. The van der Waals surface area contributed by atoms with Gasteiger partial charge in [0.15, 0.2) is 0 Å². The number of hydrogen-bond acceptors (Lipinski definition) is 2. The van der Waals surface area contributed by atoms with E-state index in [1.165, 1.54) is 5.03 Å². The second-order valence-electron chi connectivity index (χ2n) is 2.50. The maximum atomic E-state index is 5.82. The topological polar surface area (TPSA) is 41.8 Å². The van der Waals surface area contributed by atoms with Gasteiger partial charge in [0.1, 0.15) is 0 Å². The van der Waals surface area contributed by atoms with E-state index in [2.05, 4.69) is 24.0 Å². The van der Waals surface area contributed by atoms with Gasteiger partial charge in [0.05, 0.1) is 5.03 Å². The average molecular weight is 207 g/mol. The lowest BCUT2D eigenvalue weighted by atomic mass is 10.2. The summed E-state index contributed by atoms with van der Waals surface area (Å²) < 4.78 is 0. The molecule has 1 heterocycles. The molecule has 0 saturated carbocycles. The Bertz CT molecular complexity index is 225. The summed E-state index contributed by atoms with van der Waals surface area (Å²) in [6, 6.07) is 4.28. The zero-order chi connectivity index (χ0) is 8.27. The molecule has 0 aliphatic carbocycles. The van der Waals surface area contributed by atoms with Crippen molar-refractivity contribution in [3.8, 4) is 0 Å². The molecule has 12 heavy (non-hydrogen) atoms. The van der Waals surface area contributed by atoms with Crippen molar-refractivity contribution in [2.45, 2.75) is 24.4 Å². The van der Waals surface area contributed by atoms with Crippen LogP contribution in [0.3, 0.4) is 0 Å². The molecule has 1 aromatic heterocycles. The molecule has 4 heteroatoms. The number of H-pyrrole nitrogens is 1. The van der Waals surface area contributed by atoms with E-state index in [4.69, 9.17) is 5.73 Å². The standard InChI is InChI=1S/C8H14N2S.ClH/c1-3-6(9)7-4-5-8(10-7)11-2;/h4-6,10H,3,9H2,1-2H3;1H/t6-;/m0./s1. The van der Waals surface area contributed by atoms with Crippen LogP contribution >= 0.6 is 24.2 Å². The molecule has 70 valence electrons. The minimum atomic E-state index is 0. The Kier molecular flexibility index (Phi) is 5.46. The zero-order valence-electron chi connectivity index (χ0n) is 7.33. The van der Waals surface area contributed by atoms with Crippen molar-refractivity contribution in [2.24, 2.45) is 5.73 Å². The van der Waals surface area contributed by atoms with Crippen LogP contribution in [0, 0.1) is 0 Å². The van der Waals surface area contributed by atoms with Crippen LogP contribution in [0.5, 0.6) is 0 Å². The third-order valence-corrected chi connectivity index (χ3v) is 2.42. The maximum absolute atomic E-state index is 5.82. The van der Waals surface area contributed by atoms with Crippen molar-refractivity contribution in [3.05, 3.63) is 17.8 Å². The molecule has 0 spiro atoms. The second-order valence-corrected chi connectivity index (χ2v) is 3.34. The zero-order valence-corrected chi connectivity index (χ0v) is 8.97. The Morgan fingerprint density at radius 3 is 2.67 bits per heavy atom. The SMILES string of the molecule is CC[C@H](N)c1ccc(SC)[nH]1.Cl. The maximum Gasteiger partial charge on any atom is 0.0721 e. The quantitative estimate of drug-likeness (QED) is 0.747. The number of aromatic amines is 1. The highest BCUT2D eigenvalue weighted by molar-refractivity contribution is 7.98. The molecule has 1 atom stereocenters. The Balaban J connectivity index is 0.00000121. The fraction of sp³-hybridized carbons (Fsp3) is 0.500. The fourth-order valence-corrected chi connectivity index (χ4v) is 1.37. The first-order valence-electron chi connectivity index (χ1n) is 3.76. The van der Waals surface area contributed by atoms with E-state index in [0.717, 1.165) is 12.1 Å². The van der Waals surface area contributed by atoms with Gasteiger partial charge >= 0.3 is 0 Å². The van der Waals surface area contributed by atoms with Gasteiger partial charge in [-0.2, -0.15) is 0 Å². The summed E-state index contributed by atoms with van der Waals surface area (Å²) in [4.78, 5) is 3.25. The minimum Gasteiger partial charge on any atom is -0.352 e. The Labute approximate surface area is 83.7 Å². The molecular formula is C8H15ClN2S. The van der Waals surface area contributed by atoms with Crippen molar-refractivity contribution in [3.63, 3.8) is 0 Å². The Morgan fingerprint density at radius 2 is 2.25 bits per heavy atom. The van der Waals surface area contributed by atoms with Gasteiger partial charge in [-0.1, -0.05) is 6.92 Å². The average Bonchev–Trinajstić information content (AvgIpc) is 2.50. The molecule has 0 unspecified atom stereocenters. The number of hydrogen-bond donors (Lipinski definition) is 2. The second kappa shape index (κ2) is 5.51. The number of halogens is 1. The van der Waals surface area contributed by atoms with Gasteiger partial charge < -0.3 is 10.7 Å². The molecule has 0 saturated heterocycles. The van der Waals surface area contributed by atoms with Crippen molar-refractivity contribution >= 4 is 24.2 Å². The number of rotatable bonds is 3. The van der Waals surface area contributed by atoms with E-state index in [1.54, 1.807) is 11.8 Å². The molecular weight excluding hydrogens is 192 g/mol. The summed E-state index contributed by atoms with van der Waals surface area (Å²) in [6.07, 6.45) is 3.03. The van der Waals surface area contributed by atoms with Crippen LogP contribution in [0.15, 0.2) is 17.2 Å². The molecule has 0 bridgehead atoms. The fourth-order valence-electron chi connectivity index (χ4n) is 0.946. The number of nitrogens with two attached hydrogens (primary N) is 1. The van der Waals surface area contributed by atoms with E-state index in [9.17, 15) is 0 Å². The van der Waals surface area contributed by atoms with Crippen LogP contribution in [0.2, 0.25) is 0 Å². The summed E-state index contributed by atoms with van der Waals surface area (Å²) in [6.45, 7) is 2.09. The van der Waals surface area contributed by atoms with Crippen molar-refractivity contribution in [2.75, 3.05) is 6.26 Å². The van der Waals surface area contributed by atoms with Gasteiger partial charge in [-0.25, -0.2) is 0 Å². The van der Waals surface area contributed by atoms with E-state index in [-0.39, 0.29) is 18.4 Å². The highest BCUT2D eigenvalue weighted by Crippen LogP contribution is 2.18. The summed E-state index contributed by atoms with van der Waals surface area (Å²) in [5.41, 5.74) is 6.96.